The maximum atomic E-state index is 13.1. The van der Waals surface area contributed by atoms with Crippen molar-refractivity contribution in [2.75, 3.05) is 0 Å². The maximum Gasteiger partial charge on any atom is 0.165 e. The van der Waals surface area contributed by atoms with Gasteiger partial charge in [-0.1, -0.05) is 6.07 Å². The Morgan fingerprint density at radius 2 is 2.35 bits per heavy atom. The molecule has 0 spiro atoms. The fourth-order valence-corrected chi connectivity index (χ4v) is 2.14. The highest BCUT2D eigenvalue weighted by molar-refractivity contribution is 7.09. The van der Waals surface area contributed by atoms with Crippen molar-refractivity contribution in [2.24, 2.45) is 0 Å². The molecule has 1 heterocycles. The van der Waals surface area contributed by atoms with Gasteiger partial charge in [-0.3, -0.25) is 0 Å². The quantitative estimate of drug-likeness (QED) is 0.879. The zero-order chi connectivity index (χ0) is 12.3. The lowest BCUT2D eigenvalue weighted by Crippen LogP contribution is -2.17. The minimum atomic E-state index is -0.591. The standard InChI is InChI=1S/C12H13FN2OS/c1-8(12-14-4-5-17-12)15-7-9-2-3-11(16)10(13)6-9/h2-6,8,15-16H,7H2,1H3. The topological polar surface area (TPSA) is 45.1 Å². The first kappa shape index (κ1) is 12.0. The second-order valence-electron chi connectivity index (χ2n) is 3.76. The van der Waals surface area contributed by atoms with Crippen LogP contribution in [0.3, 0.4) is 0 Å². The van der Waals surface area contributed by atoms with Gasteiger partial charge < -0.3 is 10.4 Å². The lowest BCUT2D eigenvalue weighted by atomic mass is 10.2. The van der Waals surface area contributed by atoms with Crippen molar-refractivity contribution in [1.82, 2.24) is 10.3 Å². The molecule has 5 heteroatoms. The van der Waals surface area contributed by atoms with Crippen molar-refractivity contribution in [3.63, 3.8) is 0 Å². The van der Waals surface area contributed by atoms with E-state index in [1.54, 1.807) is 23.6 Å². The monoisotopic (exact) mass is 252 g/mol. The van der Waals surface area contributed by atoms with E-state index in [4.69, 9.17) is 5.11 Å². The first-order valence-electron chi connectivity index (χ1n) is 5.27. The molecule has 1 aromatic heterocycles. The SMILES string of the molecule is CC(NCc1ccc(O)c(F)c1)c1nccs1. The predicted molar refractivity (Wildman–Crippen MR) is 65.4 cm³/mol. The van der Waals surface area contributed by atoms with E-state index in [1.807, 2.05) is 12.3 Å². The number of hydrogen-bond donors (Lipinski definition) is 2. The number of nitrogens with one attached hydrogen (secondary N) is 1. The van der Waals surface area contributed by atoms with E-state index < -0.39 is 5.82 Å². The van der Waals surface area contributed by atoms with Gasteiger partial charge in [0, 0.05) is 18.1 Å². The van der Waals surface area contributed by atoms with Crippen LogP contribution >= 0.6 is 11.3 Å². The fraction of sp³-hybridized carbons (Fsp3) is 0.250. The molecule has 0 bridgehead atoms. The first-order chi connectivity index (χ1) is 8.16. The third-order valence-corrected chi connectivity index (χ3v) is 3.40. The second kappa shape index (κ2) is 5.25. The summed E-state index contributed by atoms with van der Waals surface area (Å²) >= 11 is 1.58. The molecule has 0 aliphatic heterocycles. The van der Waals surface area contributed by atoms with Crippen LogP contribution in [0.5, 0.6) is 5.75 Å². The van der Waals surface area contributed by atoms with E-state index in [9.17, 15) is 4.39 Å². The molecule has 0 fully saturated rings. The Labute approximate surface area is 103 Å². The summed E-state index contributed by atoms with van der Waals surface area (Å²) in [5.41, 5.74) is 0.795. The van der Waals surface area contributed by atoms with Crippen LogP contribution in [0.4, 0.5) is 4.39 Å². The van der Waals surface area contributed by atoms with Gasteiger partial charge in [-0.25, -0.2) is 9.37 Å². The summed E-state index contributed by atoms with van der Waals surface area (Å²) in [7, 11) is 0. The molecule has 0 aliphatic carbocycles. The molecule has 17 heavy (non-hydrogen) atoms. The first-order valence-corrected chi connectivity index (χ1v) is 6.15. The smallest absolute Gasteiger partial charge is 0.165 e. The molecule has 2 rings (SSSR count). The van der Waals surface area contributed by atoms with Crippen LogP contribution in [-0.2, 0) is 6.54 Å². The number of aromatic hydroxyl groups is 1. The van der Waals surface area contributed by atoms with E-state index in [-0.39, 0.29) is 11.8 Å². The van der Waals surface area contributed by atoms with Crippen molar-refractivity contribution in [3.05, 3.63) is 46.2 Å². The Morgan fingerprint density at radius 3 is 3.00 bits per heavy atom. The molecule has 1 unspecified atom stereocenters. The zero-order valence-corrected chi connectivity index (χ0v) is 10.2. The molecule has 0 radical (unpaired) electrons. The minimum Gasteiger partial charge on any atom is -0.505 e. The lowest BCUT2D eigenvalue weighted by Gasteiger charge is -2.11. The number of aromatic nitrogens is 1. The number of phenolic OH excluding ortho intramolecular Hbond substituents is 1. The molecule has 2 N–H and O–H groups in total. The minimum absolute atomic E-state index is 0.131. The van der Waals surface area contributed by atoms with Crippen LogP contribution in [0.25, 0.3) is 0 Å². The van der Waals surface area contributed by atoms with E-state index in [0.717, 1.165) is 10.6 Å². The van der Waals surface area contributed by atoms with E-state index >= 15 is 0 Å². The molecule has 0 aliphatic rings. The highest BCUT2D eigenvalue weighted by atomic mass is 32.1. The van der Waals surface area contributed by atoms with Crippen LogP contribution in [0.1, 0.15) is 23.5 Å². The molecule has 2 aromatic rings. The molecule has 0 saturated heterocycles. The van der Waals surface area contributed by atoms with Gasteiger partial charge in [0.2, 0.25) is 0 Å². The summed E-state index contributed by atoms with van der Waals surface area (Å²) in [4.78, 5) is 4.20. The number of thiazole rings is 1. The van der Waals surface area contributed by atoms with Gasteiger partial charge in [-0.05, 0) is 24.6 Å². The second-order valence-corrected chi connectivity index (χ2v) is 4.68. The molecular formula is C12H13FN2OS. The third kappa shape index (κ3) is 3.01. The van der Waals surface area contributed by atoms with Crippen LogP contribution in [0, 0.1) is 5.82 Å². The average molecular weight is 252 g/mol. The van der Waals surface area contributed by atoms with Crippen molar-refractivity contribution >= 4 is 11.3 Å². The van der Waals surface area contributed by atoms with Crippen molar-refractivity contribution in [1.29, 1.82) is 0 Å². The number of halogens is 1. The highest BCUT2D eigenvalue weighted by Crippen LogP contribution is 2.18. The van der Waals surface area contributed by atoms with Crippen molar-refractivity contribution < 1.29 is 9.50 Å². The molecular weight excluding hydrogens is 239 g/mol. The van der Waals surface area contributed by atoms with Gasteiger partial charge in [0.05, 0.1) is 6.04 Å². The van der Waals surface area contributed by atoms with Crippen LogP contribution in [-0.4, -0.2) is 10.1 Å². The summed E-state index contributed by atoms with van der Waals surface area (Å²) < 4.78 is 13.1. The van der Waals surface area contributed by atoms with Crippen LogP contribution in [0.2, 0.25) is 0 Å². The predicted octanol–water partition coefficient (Wildman–Crippen LogP) is 2.84. The Bertz CT molecular complexity index is 487. The summed E-state index contributed by atoms with van der Waals surface area (Å²) in [5, 5.41) is 15.2. The Balaban J connectivity index is 1.96. The number of rotatable bonds is 4. The molecule has 1 atom stereocenters. The van der Waals surface area contributed by atoms with Crippen molar-refractivity contribution in [3.8, 4) is 5.75 Å². The summed E-state index contributed by atoms with van der Waals surface area (Å²) in [6, 6.07) is 4.52. The Morgan fingerprint density at radius 1 is 1.53 bits per heavy atom. The summed E-state index contributed by atoms with van der Waals surface area (Å²) in [6.07, 6.45) is 1.76. The van der Waals surface area contributed by atoms with Gasteiger partial charge in [0.25, 0.3) is 0 Å². The molecule has 0 saturated carbocycles. The van der Waals surface area contributed by atoms with Crippen LogP contribution < -0.4 is 5.32 Å². The number of benzene rings is 1. The maximum absolute atomic E-state index is 13.1. The lowest BCUT2D eigenvalue weighted by molar-refractivity contribution is 0.431. The fourth-order valence-electron chi connectivity index (χ4n) is 1.47. The van der Waals surface area contributed by atoms with Crippen molar-refractivity contribution in [2.45, 2.75) is 19.5 Å². The summed E-state index contributed by atoms with van der Waals surface area (Å²) in [6.45, 7) is 2.55. The van der Waals surface area contributed by atoms with Gasteiger partial charge in [-0.15, -0.1) is 11.3 Å². The third-order valence-electron chi connectivity index (χ3n) is 2.45. The number of hydrogen-bond acceptors (Lipinski definition) is 4. The normalized spacial score (nSPS) is 12.6. The number of phenols is 1. The molecule has 3 nitrogen and oxygen atoms in total. The highest BCUT2D eigenvalue weighted by Gasteiger charge is 2.08. The molecule has 0 amide bonds. The largest absolute Gasteiger partial charge is 0.505 e. The summed E-state index contributed by atoms with van der Waals surface area (Å²) in [5.74, 6) is -0.909. The zero-order valence-electron chi connectivity index (χ0n) is 9.35. The van der Waals surface area contributed by atoms with E-state index in [1.165, 1.54) is 12.1 Å². The Hall–Kier alpha value is -1.46. The van der Waals surface area contributed by atoms with Gasteiger partial charge in [0.1, 0.15) is 5.01 Å². The average Bonchev–Trinajstić information content (AvgIpc) is 2.84. The molecule has 90 valence electrons. The van der Waals surface area contributed by atoms with E-state index in [2.05, 4.69) is 10.3 Å². The van der Waals surface area contributed by atoms with Gasteiger partial charge >= 0.3 is 0 Å². The number of nitrogens with zero attached hydrogens (tertiary/aromatic N) is 1. The van der Waals surface area contributed by atoms with E-state index in [0.29, 0.717) is 6.54 Å². The Kier molecular flexibility index (Phi) is 3.71. The van der Waals surface area contributed by atoms with Gasteiger partial charge in [0.15, 0.2) is 11.6 Å². The van der Waals surface area contributed by atoms with Gasteiger partial charge in [-0.2, -0.15) is 0 Å². The van der Waals surface area contributed by atoms with Crippen LogP contribution in [0.15, 0.2) is 29.8 Å². The molecule has 1 aromatic carbocycles.